The van der Waals surface area contributed by atoms with Crippen LogP contribution in [-0.2, 0) is 0 Å². The van der Waals surface area contributed by atoms with Crippen molar-refractivity contribution in [3.8, 4) is 0 Å². The lowest BCUT2D eigenvalue weighted by molar-refractivity contribution is 0.161. The van der Waals surface area contributed by atoms with Crippen molar-refractivity contribution in [1.82, 2.24) is 4.90 Å². The summed E-state index contributed by atoms with van der Waals surface area (Å²) >= 11 is 0. The third kappa shape index (κ3) is 0.731. The fraction of sp³-hybridized carbons (Fsp3) is 1.00. The maximum atomic E-state index is 2.46. The van der Waals surface area contributed by atoms with Crippen LogP contribution < -0.4 is 0 Å². The summed E-state index contributed by atoms with van der Waals surface area (Å²) in [5.74, 6) is 1.09. The molecule has 58 valence electrons. The molecular weight excluding hydrogens is 122 g/mol. The predicted octanol–water partition coefficient (Wildman–Crippen LogP) is 1.88. The summed E-state index contributed by atoms with van der Waals surface area (Å²) in [5.41, 5.74) is 0.644. The van der Waals surface area contributed by atoms with Crippen molar-refractivity contribution < 1.29 is 0 Å². The summed E-state index contributed by atoms with van der Waals surface area (Å²) in [6.45, 7) is 0. The van der Waals surface area contributed by atoms with Crippen molar-refractivity contribution in [2.75, 3.05) is 14.1 Å². The molecule has 1 heteroatoms. The summed E-state index contributed by atoms with van der Waals surface area (Å²) in [6, 6.07) is 0. The number of nitrogens with zero attached hydrogens (tertiary/aromatic N) is 1. The molecule has 0 aliphatic heterocycles. The number of hydrogen-bond acceptors (Lipinski definition) is 1. The van der Waals surface area contributed by atoms with Crippen LogP contribution in [0.5, 0.6) is 0 Å². The normalized spacial score (nSPS) is 45.3. The minimum Gasteiger partial charge on any atom is -0.304 e. The van der Waals surface area contributed by atoms with Crippen LogP contribution in [0.25, 0.3) is 0 Å². The van der Waals surface area contributed by atoms with Crippen molar-refractivity contribution >= 4 is 0 Å². The second-order valence-corrected chi connectivity index (χ2v) is 4.27. The van der Waals surface area contributed by atoms with Gasteiger partial charge in [0.25, 0.3) is 0 Å². The van der Waals surface area contributed by atoms with E-state index in [0.29, 0.717) is 5.54 Å². The van der Waals surface area contributed by atoms with Crippen LogP contribution in [0, 0.1) is 5.92 Å². The quantitative estimate of drug-likeness (QED) is 0.536. The van der Waals surface area contributed by atoms with E-state index in [1.54, 1.807) is 0 Å². The highest BCUT2D eigenvalue weighted by atomic mass is 15.2. The SMILES string of the molecule is CN(C)C12CCC(CC1)C2. The van der Waals surface area contributed by atoms with Crippen molar-refractivity contribution in [2.45, 2.75) is 37.6 Å². The van der Waals surface area contributed by atoms with E-state index in [1.165, 1.54) is 32.1 Å². The molecule has 0 unspecified atom stereocenters. The molecule has 2 saturated carbocycles. The van der Waals surface area contributed by atoms with Crippen LogP contribution in [0.15, 0.2) is 0 Å². The van der Waals surface area contributed by atoms with Crippen LogP contribution in [0.4, 0.5) is 0 Å². The number of hydrogen-bond donors (Lipinski definition) is 0. The Balaban J connectivity index is 2.15. The lowest BCUT2D eigenvalue weighted by Crippen LogP contribution is -2.39. The maximum Gasteiger partial charge on any atom is 0.0206 e. The summed E-state index contributed by atoms with van der Waals surface area (Å²) in [6.07, 6.45) is 7.41. The fourth-order valence-corrected chi connectivity index (χ4v) is 2.79. The standard InChI is InChI=1S/C9H17N/c1-10(2)9-5-3-8(7-9)4-6-9/h8H,3-7H2,1-2H3. The first-order chi connectivity index (χ1) is 4.73. The van der Waals surface area contributed by atoms with E-state index in [0.717, 1.165) is 5.92 Å². The molecule has 2 fully saturated rings. The molecule has 0 radical (unpaired) electrons. The molecule has 0 spiro atoms. The molecule has 2 aliphatic carbocycles. The summed E-state index contributed by atoms with van der Waals surface area (Å²) < 4.78 is 0. The summed E-state index contributed by atoms with van der Waals surface area (Å²) in [5, 5.41) is 0. The van der Waals surface area contributed by atoms with Gasteiger partial charge in [0.1, 0.15) is 0 Å². The molecule has 2 rings (SSSR count). The Morgan fingerprint density at radius 2 is 1.80 bits per heavy atom. The zero-order valence-electron chi connectivity index (χ0n) is 7.06. The third-order valence-electron chi connectivity index (χ3n) is 3.65. The predicted molar refractivity (Wildman–Crippen MR) is 43.0 cm³/mol. The minimum absolute atomic E-state index is 0.644. The van der Waals surface area contributed by atoms with Gasteiger partial charge in [0.15, 0.2) is 0 Å². The Morgan fingerprint density at radius 1 is 1.20 bits per heavy atom. The molecule has 0 amide bonds. The van der Waals surface area contributed by atoms with Crippen molar-refractivity contribution in [3.63, 3.8) is 0 Å². The average Bonchev–Trinajstić information content (AvgIpc) is 2.45. The van der Waals surface area contributed by atoms with Gasteiger partial charge in [-0.25, -0.2) is 0 Å². The van der Waals surface area contributed by atoms with Gasteiger partial charge in [-0.1, -0.05) is 0 Å². The van der Waals surface area contributed by atoms with Gasteiger partial charge in [-0.05, 0) is 52.1 Å². The molecule has 0 aromatic carbocycles. The van der Waals surface area contributed by atoms with E-state index in [-0.39, 0.29) is 0 Å². The van der Waals surface area contributed by atoms with E-state index in [1.807, 2.05) is 0 Å². The molecule has 2 aliphatic rings. The largest absolute Gasteiger partial charge is 0.304 e. The number of rotatable bonds is 1. The van der Waals surface area contributed by atoms with E-state index < -0.39 is 0 Å². The van der Waals surface area contributed by atoms with Crippen molar-refractivity contribution in [2.24, 2.45) is 5.92 Å². The second-order valence-electron chi connectivity index (χ2n) is 4.27. The topological polar surface area (TPSA) is 3.24 Å². The van der Waals surface area contributed by atoms with Gasteiger partial charge in [0.2, 0.25) is 0 Å². The van der Waals surface area contributed by atoms with Crippen LogP contribution in [0.2, 0.25) is 0 Å². The first kappa shape index (κ1) is 6.66. The van der Waals surface area contributed by atoms with Gasteiger partial charge in [-0.3, -0.25) is 0 Å². The first-order valence-corrected chi connectivity index (χ1v) is 4.40. The van der Waals surface area contributed by atoms with Crippen LogP contribution in [-0.4, -0.2) is 24.5 Å². The van der Waals surface area contributed by atoms with Crippen molar-refractivity contribution in [3.05, 3.63) is 0 Å². The van der Waals surface area contributed by atoms with Crippen LogP contribution in [0.1, 0.15) is 32.1 Å². The van der Waals surface area contributed by atoms with Gasteiger partial charge in [0, 0.05) is 5.54 Å². The molecule has 10 heavy (non-hydrogen) atoms. The zero-order chi connectivity index (χ0) is 7.19. The Labute approximate surface area is 63.4 Å². The molecule has 2 bridgehead atoms. The smallest absolute Gasteiger partial charge is 0.0206 e. The molecule has 0 aromatic rings. The summed E-state index contributed by atoms with van der Waals surface area (Å²) in [4.78, 5) is 2.46. The van der Waals surface area contributed by atoms with Gasteiger partial charge in [0.05, 0.1) is 0 Å². The molecule has 1 nitrogen and oxygen atoms in total. The monoisotopic (exact) mass is 139 g/mol. The third-order valence-corrected chi connectivity index (χ3v) is 3.65. The molecule has 0 atom stereocenters. The van der Waals surface area contributed by atoms with E-state index in [2.05, 4.69) is 19.0 Å². The lowest BCUT2D eigenvalue weighted by atomic mass is 9.93. The Kier molecular flexibility index (Phi) is 1.31. The van der Waals surface area contributed by atoms with Gasteiger partial charge < -0.3 is 4.90 Å². The summed E-state index contributed by atoms with van der Waals surface area (Å²) in [7, 11) is 4.49. The molecular formula is C9H17N. The van der Waals surface area contributed by atoms with E-state index in [4.69, 9.17) is 0 Å². The molecule has 0 N–H and O–H groups in total. The van der Waals surface area contributed by atoms with Gasteiger partial charge >= 0.3 is 0 Å². The van der Waals surface area contributed by atoms with E-state index in [9.17, 15) is 0 Å². The van der Waals surface area contributed by atoms with Crippen LogP contribution in [0.3, 0.4) is 0 Å². The molecule has 0 heterocycles. The highest BCUT2D eigenvalue weighted by Crippen LogP contribution is 2.49. The number of fused-ring (bicyclic) bond motifs is 2. The minimum atomic E-state index is 0.644. The second kappa shape index (κ2) is 1.97. The molecule has 0 saturated heterocycles. The Hall–Kier alpha value is -0.0400. The van der Waals surface area contributed by atoms with Crippen molar-refractivity contribution in [1.29, 1.82) is 0 Å². The Bertz CT molecular complexity index is 132. The van der Waals surface area contributed by atoms with Gasteiger partial charge in [-0.2, -0.15) is 0 Å². The highest BCUT2D eigenvalue weighted by Gasteiger charge is 2.45. The highest BCUT2D eigenvalue weighted by molar-refractivity contribution is 5.01. The maximum absolute atomic E-state index is 2.46. The first-order valence-electron chi connectivity index (χ1n) is 4.40. The lowest BCUT2D eigenvalue weighted by Gasteiger charge is -2.34. The zero-order valence-corrected chi connectivity index (χ0v) is 7.06. The van der Waals surface area contributed by atoms with Crippen LogP contribution >= 0.6 is 0 Å². The van der Waals surface area contributed by atoms with E-state index >= 15 is 0 Å². The fourth-order valence-electron chi connectivity index (χ4n) is 2.79. The average molecular weight is 139 g/mol. The molecule has 0 aromatic heterocycles. The van der Waals surface area contributed by atoms with Gasteiger partial charge in [-0.15, -0.1) is 0 Å². The Morgan fingerprint density at radius 3 is 2.00 bits per heavy atom.